The van der Waals surface area contributed by atoms with Gasteiger partial charge in [0.1, 0.15) is 0 Å². The van der Waals surface area contributed by atoms with E-state index < -0.39 is 0 Å². The number of hydrogen-bond acceptors (Lipinski definition) is 2. The fourth-order valence-electron chi connectivity index (χ4n) is 2.25. The van der Waals surface area contributed by atoms with E-state index in [0.29, 0.717) is 12.5 Å². The first-order valence-electron chi connectivity index (χ1n) is 7.47. The zero-order chi connectivity index (χ0) is 14.4. The molecule has 0 fully saturated rings. The molecule has 0 aliphatic rings. The summed E-state index contributed by atoms with van der Waals surface area (Å²) < 4.78 is 1.98. The van der Waals surface area contributed by atoms with Gasteiger partial charge in [0.15, 0.2) is 0 Å². The number of aromatic nitrogens is 1. The van der Waals surface area contributed by atoms with Crippen molar-refractivity contribution in [2.24, 2.45) is 0 Å². The van der Waals surface area contributed by atoms with Gasteiger partial charge in [-0.25, -0.2) is 0 Å². The van der Waals surface area contributed by atoms with Crippen LogP contribution in [0.3, 0.4) is 0 Å². The Balaban J connectivity index is 3.14. The van der Waals surface area contributed by atoms with E-state index in [0.717, 1.165) is 30.6 Å². The van der Waals surface area contributed by atoms with E-state index in [1.54, 1.807) is 0 Å². The van der Waals surface area contributed by atoms with Gasteiger partial charge in [-0.2, -0.15) is 0 Å². The molecule has 0 spiro atoms. The quantitative estimate of drug-likeness (QED) is 0.765. The average molecular weight is 264 g/mol. The maximum atomic E-state index is 12.6. The number of rotatable bonds is 7. The Morgan fingerprint density at radius 3 is 2.42 bits per heavy atom. The molecule has 0 aliphatic heterocycles. The lowest BCUT2D eigenvalue weighted by Gasteiger charge is -2.22. The van der Waals surface area contributed by atoms with Crippen molar-refractivity contribution in [3.05, 3.63) is 33.7 Å². The van der Waals surface area contributed by atoms with Crippen LogP contribution in [0.2, 0.25) is 0 Å². The van der Waals surface area contributed by atoms with E-state index in [4.69, 9.17) is 0 Å². The fourth-order valence-corrected chi connectivity index (χ4v) is 2.25. The van der Waals surface area contributed by atoms with Crippen LogP contribution in [0.15, 0.2) is 16.9 Å². The molecule has 1 heterocycles. The summed E-state index contributed by atoms with van der Waals surface area (Å²) in [6.45, 7) is 12.3. The number of nitrogens with one attached hydrogen (secondary N) is 1. The molecule has 1 N–H and O–H groups in total. The highest BCUT2D eigenvalue weighted by molar-refractivity contribution is 5.19. The summed E-state index contributed by atoms with van der Waals surface area (Å²) in [6, 6.07) is 4.36. The molecule has 3 nitrogen and oxygen atoms in total. The maximum Gasteiger partial charge on any atom is 0.255 e. The number of pyridine rings is 1. The van der Waals surface area contributed by atoms with E-state index in [-0.39, 0.29) is 11.6 Å². The van der Waals surface area contributed by atoms with Gasteiger partial charge in [-0.3, -0.25) is 4.79 Å². The minimum atomic E-state index is 0.171. The second kappa shape index (κ2) is 7.49. The van der Waals surface area contributed by atoms with Crippen molar-refractivity contribution in [2.45, 2.75) is 66.0 Å². The Morgan fingerprint density at radius 2 is 1.89 bits per heavy atom. The molecule has 0 aromatic carbocycles. The summed E-state index contributed by atoms with van der Waals surface area (Å²) in [5.74, 6) is 0.374. The average Bonchev–Trinajstić information content (AvgIpc) is 2.39. The van der Waals surface area contributed by atoms with Crippen molar-refractivity contribution in [1.29, 1.82) is 0 Å². The predicted octanol–water partition coefficient (Wildman–Crippen LogP) is 3.44. The van der Waals surface area contributed by atoms with E-state index >= 15 is 0 Å². The zero-order valence-corrected chi connectivity index (χ0v) is 13.0. The molecule has 1 unspecified atom stereocenters. The monoisotopic (exact) mass is 264 g/mol. The summed E-state index contributed by atoms with van der Waals surface area (Å²) in [7, 11) is 0. The summed E-state index contributed by atoms with van der Waals surface area (Å²) >= 11 is 0. The van der Waals surface area contributed by atoms with E-state index in [9.17, 15) is 4.79 Å². The second-order valence-electron chi connectivity index (χ2n) is 5.55. The van der Waals surface area contributed by atoms with E-state index in [1.807, 2.05) is 10.6 Å². The van der Waals surface area contributed by atoms with Gasteiger partial charge in [-0.15, -0.1) is 0 Å². The molecule has 1 rings (SSSR count). The lowest BCUT2D eigenvalue weighted by molar-refractivity contribution is 0.479. The minimum Gasteiger partial charge on any atom is -0.312 e. The normalized spacial score (nSPS) is 12.9. The molecule has 1 aromatic rings. The lowest BCUT2D eigenvalue weighted by atomic mass is 10.1. The molecule has 0 saturated heterocycles. The summed E-state index contributed by atoms with van der Waals surface area (Å²) in [4.78, 5) is 12.6. The first-order chi connectivity index (χ1) is 9.02. The zero-order valence-electron chi connectivity index (χ0n) is 13.0. The smallest absolute Gasteiger partial charge is 0.255 e. The van der Waals surface area contributed by atoms with E-state index in [2.05, 4.69) is 46.0 Å². The van der Waals surface area contributed by atoms with Crippen LogP contribution in [-0.4, -0.2) is 11.1 Å². The first kappa shape index (κ1) is 16.0. The SMILES string of the molecule is CCCNCc1ccc(C(C)C)n(C(C)CC)c1=O. The molecule has 0 saturated carbocycles. The molecular formula is C16H28N2O. The second-order valence-corrected chi connectivity index (χ2v) is 5.55. The third-order valence-corrected chi connectivity index (χ3v) is 3.59. The van der Waals surface area contributed by atoms with Crippen LogP contribution in [0.4, 0.5) is 0 Å². The predicted molar refractivity (Wildman–Crippen MR) is 81.8 cm³/mol. The Hall–Kier alpha value is -1.09. The largest absolute Gasteiger partial charge is 0.312 e. The highest BCUT2D eigenvalue weighted by Crippen LogP contribution is 2.19. The summed E-state index contributed by atoms with van der Waals surface area (Å²) in [5, 5.41) is 3.31. The molecule has 1 atom stereocenters. The third-order valence-electron chi connectivity index (χ3n) is 3.59. The van der Waals surface area contributed by atoms with Crippen LogP contribution in [0.5, 0.6) is 0 Å². The van der Waals surface area contributed by atoms with Crippen LogP contribution in [0.25, 0.3) is 0 Å². The summed E-state index contributed by atoms with van der Waals surface area (Å²) in [5.41, 5.74) is 2.18. The highest BCUT2D eigenvalue weighted by atomic mass is 16.1. The molecule has 0 aliphatic carbocycles. The Morgan fingerprint density at radius 1 is 1.21 bits per heavy atom. The van der Waals surface area contributed by atoms with Gasteiger partial charge in [0.25, 0.3) is 5.56 Å². The number of nitrogens with zero attached hydrogens (tertiary/aromatic N) is 1. The fraction of sp³-hybridized carbons (Fsp3) is 0.688. The van der Waals surface area contributed by atoms with Gasteiger partial charge in [0, 0.05) is 23.8 Å². The molecule has 0 radical (unpaired) electrons. The maximum absolute atomic E-state index is 12.6. The van der Waals surface area contributed by atoms with Gasteiger partial charge in [-0.1, -0.05) is 33.8 Å². The summed E-state index contributed by atoms with van der Waals surface area (Å²) in [6.07, 6.45) is 2.06. The minimum absolute atomic E-state index is 0.171. The van der Waals surface area contributed by atoms with Crippen molar-refractivity contribution in [1.82, 2.24) is 9.88 Å². The Labute approximate surface area is 117 Å². The molecule has 108 valence electrons. The van der Waals surface area contributed by atoms with Gasteiger partial charge in [-0.05, 0) is 38.3 Å². The van der Waals surface area contributed by atoms with Crippen molar-refractivity contribution >= 4 is 0 Å². The van der Waals surface area contributed by atoms with Crippen LogP contribution in [-0.2, 0) is 6.54 Å². The number of hydrogen-bond donors (Lipinski definition) is 1. The molecule has 19 heavy (non-hydrogen) atoms. The molecular weight excluding hydrogens is 236 g/mol. The van der Waals surface area contributed by atoms with Crippen molar-refractivity contribution in [3.8, 4) is 0 Å². The van der Waals surface area contributed by atoms with Crippen molar-refractivity contribution in [2.75, 3.05) is 6.54 Å². The van der Waals surface area contributed by atoms with Crippen LogP contribution < -0.4 is 10.9 Å². The molecule has 3 heteroatoms. The van der Waals surface area contributed by atoms with Crippen molar-refractivity contribution < 1.29 is 0 Å². The van der Waals surface area contributed by atoms with Gasteiger partial charge >= 0.3 is 0 Å². The lowest BCUT2D eigenvalue weighted by Crippen LogP contribution is -2.31. The van der Waals surface area contributed by atoms with E-state index in [1.165, 1.54) is 0 Å². The van der Waals surface area contributed by atoms with Gasteiger partial charge < -0.3 is 9.88 Å². The van der Waals surface area contributed by atoms with Crippen molar-refractivity contribution in [3.63, 3.8) is 0 Å². The Kier molecular flexibility index (Phi) is 6.29. The third kappa shape index (κ3) is 3.93. The molecule has 1 aromatic heterocycles. The molecule has 0 amide bonds. The highest BCUT2D eigenvalue weighted by Gasteiger charge is 2.14. The standard InChI is InChI=1S/C16H28N2O/c1-6-10-17-11-14-8-9-15(12(3)4)18(16(14)19)13(5)7-2/h8-9,12-13,17H,6-7,10-11H2,1-5H3. The van der Waals surface area contributed by atoms with Gasteiger partial charge in [0.05, 0.1) is 0 Å². The van der Waals surface area contributed by atoms with Crippen LogP contribution >= 0.6 is 0 Å². The topological polar surface area (TPSA) is 34.0 Å². The first-order valence-corrected chi connectivity index (χ1v) is 7.47. The van der Waals surface area contributed by atoms with Crippen LogP contribution in [0.1, 0.15) is 70.7 Å². The van der Waals surface area contributed by atoms with Gasteiger partial charge in [0.2, 0.25) is 0 Å². The van der Waals surface area contributed by atoms with Crippen LogP contribution in [0, 0.1) is 0 Å². The molecule has 0 bridgehead atoms. The Bertz CT molecular complexity index is 449.